The molecule has 0 atom stereocenters. The Morgan fingerprint density at radius 2 is 1.74 bits per heavy atom. The van der Waals surface area contributed by atoms with Gasteiger partial charge in [-0.15, -0.1) is 0 Å². The number of aromatic carboxylic acids is 1. The van der Waals surface area contributed by atoms with Crippen LogP contribution in [0.2, 0.25) is 0 Å². The summed E-state index contributed by atoms with van der Waals surface area (Å²) in [6.07, 6.45) is 2.57. The SMILES string of the molecule is CN(C1CCN(c2nc3cc(C(=O)O)ccc3nc2-c2ccccc2)CC1)S(C)(=O)=O. The lowest BCUT2D eigenvalue weighted by Crippen LogP contribution is -2.45. The van der Waals surface area contributed by atoms with Crippen LogP contribution >= 0.6 is 0 Å². The molecule has 0 aliphatic carbocycles. The van der Waals surface area contributed by atoms with E-state index >= 15 is 0 Å². The number of hydrogen-bond donors (Lipinski definition) is 1. The van der Waals surface area contributed by atoms with E-state index in [2.05, 4.69) is 4.90 Å². The van der Waals surface area contributed by atoms with E-state index < -0.39 is 16.0 Å². The van der Waals surface area contributed by atoms with Gasteiger partial charge in [0, 0.05) is 31.7 Å². The molecule has 1 aliphatic heterocycles. The summed E-state index contributed by atoms with van der Waals surface area (Å²) in [5.41, 5.74) is 2.95. The fourth-order valence-corrected chi connectivity index (χ4v) is 4.65. The maximum Gasteiger partial charge on any atom is 0.335 e. The Kier molecular flexibility index (Phi) is 5.63. The molecule has 0 spiro atoms. The Bertz CT molecular complexity index is 1220. The summed E-state index contributed by atoms with van der Waals surface area (Å²) in [4.78, 5) is 23.1. The van der Waals surface area contributed by atoms with E-state index in [0.717, 1.165) is 11.3 Å². The van der Waals surface area contributed by atoms with Crippen molar-refractivity contribution in [1.29, 1.82) is 0 Å². The fraction of sp³-hybridized carbons (Fsp3) is 0.318. The molecular formula is C22H24N4O4S. The van der Waals surface area contributed by atoms with Crippen molar-refractivity contribution in [3.63, 3.8) is 0 Å². The number of hydrogen-bond acceptors (Lipinski definition) is 6. The van der Waals surface area contributed by atoms with E-state index in [1.165, 1.54) is 22.7 Å². The summed E-state index contributed by atoms with van der Waals surface area (Å²) >= 11 is 0. The maximum atomic E-state index is 11.9. The number of carboxylic acid groups (broad SMARTS) is 1. The smallest absolute Gasteiger partial charge is 0.335 e. The number of sulfonamides is 1. The molecular weight excluding hydrogens is 416 g/mol. The second-order valence-corrected chi connectivity index (χ2v) is 9.81. The lowest BCUT2D eigenvalue weighted by molar-refractivity contribution is 0.0697. The number of aromatic nitrogens is 2. The van der Waals surface area contributed by atoms with Gasteiger partial charge in [-0.1, -0.05) is 30.3 Å². The van der Waals surface area contributed by atoms with Crippen molar-refractivity contribution in [3.05, 3.63) is 54.1 Å². The topological polar surface area (TPSA) is 104 Å². The summed E-state index contributed by atoms with van der Waals surface area (Å²) < 4.78 is 25.2. The van der Waals surface area contributed by atoms with Crippen molar-refractivity contribution < 1.29 is 18.3 Å². The Morgan fingerprint density at radius 3 is 2.35 bits per heavy atom. The van der Waals surface area contributed by atoms with Crippen LogP contribution in [0.15, 0.2) is 48.5 Å². The first kappa shape index (κ1) is 21.2. The van der Waals surface area contributed by atoms with Crippen molar-refractivity contribution in [2.45, 2.75) is 18.9 Å². The third-order valence-electron chi connectivity index (χ3n) is 5.74. The van der Waals surface area contributed by atoms with Crippen LogP contribution in [0.5, 0.6) is 0 Å². The van der Waals surface area contributed by atoms with Crippen molar-refractivity contribution in [3.8, 4) is 11.3 Å². The molecule has 1 saturated heterocycles. The van der Waals surface area contributed by atoms with Gasteiger partial charge in [0.1, 0.15) is 5.69 Å². The standard InChI is InChI=1S/C22H24N4O4S/c1-25(31(2,29)30)17-10-12-26(13-11-17)21-20(15-6-4-3-5-7-15)23-18-9-8-16(22(27)28)14-19(18)24-21/h3-9,14,17H,10-13H2,1-2H3,(H,27,28). The van der Waals surface area contributed by atoms with Crippen molar-refractivity contribution >= 4 is 32.8 Å². The molecule has 4 rings (SSSR count). The molecule has 2 heterocycles. The summed E-state index contributed by atoms with van der Waals surface area (Å²) in [6, 6.07) is 14.4. The largest absolute Gasteiger partial charge is 0.478 e. The van der Waals surface area contributed by atoms with Crippen molar-refractivity contribution in [2.75, 3.05) is 31.3 Å². The van der Waals surface area contributed by atoms with Gasteiger partial charge >= 0.3 is 5.97 Å². The monoisotopic (exact) mass is 440 g/mol. The van der Waals surface area contributed by atoms with Gasteiger partial charge in [-0.25, -0.2) is 27.5 Å². The first-order valence-corrected chi connectivity index (χ1v) is 11.9. The van der Waals surface area contributed by atoms with E-state index in [-0.39, 0.29) is 11.6 Å². The van der Waals surface area contributed by atoms with Crippen molar-refractivity contribution in [2.24, 2.45) is 0 Å². The molecule has 0 saturated carbocycles. The number of fused-ring (bicyclic) bond motifs is 1. The van der Waals surface area contributed by atoms with E-state index in [0.29, 0.717) is 42.8 Å². The second-order valence-electron chi connectivity index (χ2n) is 7.77. The normalized spacial score (nSPS) is 15.5. The lowest BCUT2D eigenvalue weighted by atomic mass is 10.0. The van der Waals surface area contributed by atoms with Crippen LogP contribution in [0.1, 0.15) is 23.2 Å². The number of nitrogens with zero attached hydrogens (tertiary/aromatic N) is 4. The molecule has 0 amide bonds. The summed E-state index contributed by atoms with van der Waals surface area (Å²) in [5, 5.41) is 9.33. The highest BCUT2D eigenvalue weighted by molar-refractivity contribution is 7.88. The van der Waals surface area contributed by atoms with Gasteiger partial charge < -0.3 is 10.0 Å². The van der Waals surface area contributed by atoms with Gasteiger partial charge in [0.2, 0.25) is 10.0 Å². The average molecular weight is 441 g/mol. The molecule has 2 aromatic carbocycles. The zero-order valence-corrected chi connectivity index (χ0v) is 18.2. The van der Waals surface area contributed by atoms with Crippen LogP contribution in [-0.4, -0.2) is 66.2 Å². The quantitative estimate of drug-likeness (QED) is 0.651. The van der Waals surface area contributed by atoms with Crippen molar-refractivity contribution in [1.82, 2.24) is 14.3 Å². The Morgan fingerprint density at radius 1 is 1.06 bits per heavy atom. The van der Waals surface area contributed by atoms with Gasteiger partial charge in [0.05, 0.1) is 22.9 Å². The Balaban J connectivity index is 1.74. The van der Waals surface area contributed by atoms with E-state index in [1.54, 1.807) is 13.1 Å². The van der Waals surface area contributed by atoms with E-state index in [4.69, 9.17) is 9.97 Å². The second kappa shape index (κ2) is 8.24. The molecule has 31 heavy (non-hydrogen) atoms. The molecule has 1 aromatic heterocycles. The van der Waals surface area contributed by atoms with Crippen LogP contribution in [0, 0.1) is 0 Å². The molecule has 8 nitrogen and oxygen atoms in total. The minimum atomic E-state index is -3.25. The van der Waals surface area contributed by atoms with Gasteiger partial charge in [-0.2, -0.15) is 0 Å². The maximum absolute atomic E-state index is 11.9. The third-order valence-corrected chi connectivity index (χ3v) is 7.09. The third kappa shape index (κ3) is 4.38. The molecule has 1 aliphatic rings. The van der Waals surface area contributed by atoms with Crippen LogP contribution in [-0.2, 0) is 10.0 Å². The number of piperidine rings is 1. The zero-order chi connectivity index (χ0) is 22.2. The minimum absolute atomic E-state index is 0.0570. The Hall–Kier alpha value is -3.04. The first-order chi connectivity index (χ1) is 14.7. The summed E-state index contributed by atoms with van der Waals surface area (Å²) in [7, 11) is -1.63. The molecule has 0 radical (unpaired) electrons. The Labute approximate surface area is 181 Å². The van der Waals surface area contributed by atoms with Crippen LogP contribution in [0.3, 0.4) is 0 Å². The van der Waals surface area contributed by atoms with E-state index in [9.17, 15) is 18.3 Å². The average Bonchev–Trinajstić information content (AvgIpc) is 2.77. The summed E-state index contributed by atoms with van der Waals surface area (Å²) in [6.45, 7) is 1.26. The van der Waals surface area contributed by atoms with Crippen LogP contribution in [0.25, 0.3) is 22.3 Å². The number of carboxylic acids is 1. The molecule has 0 unspecified atom stereocenters. The highest BCUT2D eigenvalue weighted by atomic mass is 32.2. The van der Waals surface area contributed by atoms with Gasteiger partial charge in [0.15, 0.2) is 5.82 Å². The lowest BCUT2D eigenvalue weighted by Gasteiger charge is -2.36. The van der Waals surface area contributed by atoms with Crippen LogP contribution < -0.4 is 4.90 Å². The molecule has 9 heteroatoms. The fourth-order valence-electron chi connectivity index (χ4n) is 3.90. The minimum Gasteiger partial charge on any atom is -0.478 e. The van der Waals surface area contributed by atoms with Gasteiger partial charge in [-0.05, 0) is 31.0 Å². The van der Waals surface area contributed by atoms with Crippen LogP contribution in [0.4, 0.5) is 5.82 Å². The molecule has 162 valence electrons. The number of benzene rings is 2. The first-order valence-electron chi connectivity index (χ1n) is 10.0. The summed E-state index contributed by atoms with van der Waals surface area (Å²) in [5.74, 6) is -0.330. The predicted octanol–water partition coefficient (Wildman–Crippen LogP) is 2.86. The molecule has 0 bridgehead atoms. The molecule has 1 N–H and O–H groups in total. The highest BCUT2D eigenvalue weighted by Gasteiger charge is 2.29. The molecule has 1 fully saturated rings. The van der Waals surface area contributed by atoms with Gasteiger partial charge in [0.25, 0.3) is 0 Å². The number of rotatable bonds is 5. The predicted molar refractivity (Wildman–Crippen MR) is 120 cm³/mol. The van der Waals surface area contributed by atoms with E-state index in [1.807, 2.05) is 30.3 Å². The van der Waals surface area contributed by atoms with Gasteiger partial charge in [-0.3, -0.25) is 0 Å². The zero-order valence-electron chi connectivity index (χ0n) is 17.4. The molecule has 3 aromatic rings. The highest BCUT2D eigenvalue weighted by Crippen LogP contribution is 2.32. The number of carbonyl (C=O) groups is 1. The number of anilines is 1.